The van der Waals surface area contributed by atoms with E-state index in [1.807, 2.05) is 0 Å². The molecule has 0 aliphatic heterocycles. The van der Waals surface area contributed by atoms with Crippen molar-refractivity contribution in [2.45, 2.75) is 32.6 Å². The summed E-state index contributed by atoms with van der Waals surface area (Å²) in [6.45, 7) is 3.33. The molecule has 0 radical (unpaired) electrons. The molecule has 1 aliphatic rings. The molecule has 1 aromatic rings. The van der Waals surface area contributed by atoms with Crippen LogP contribution in [0.25, 0.3) is 0 Å². The van der Waals surface area contributed by atoms with Crippen LogP contribution in [0.15, 0.2) is 23.2 Å². The van der Waals surface area contributed by atoms with Crippen LogP contribution in [0.4, 0.5) is 10.1 Å². The number of hydrogen-bond donors (Lipinski definition) is 3. The van der Waals surface area contributed by atoms with E-state index in [0.29, 0.717) is 11.5 Å². The zero-order valence-electron chi connectivity index (χ0n) is 16.8. The van der Waals surface area contributed by atoms with E-state index in [1.54, 1.807) is 27.1 Å². The Balaban J connectivity index is 1.78. The summed E-state index contributed by atoms with van der Waals surface area (Å²) in [4.78, 5) is 4.15. The molecule has 0 heterocycles. The van der Waals surface area contributed by atoms with Crippen molar-refractivity contribution in [3.05, 3.63) is 29.6 Å². The lowest BCUT2D eigenvalue weighted by atomic mass is 9.67. The van der Waals surface area contributed by atoms with Crippen molar-refractivity contribution in [2.75, 3.05) is 44.3 Å². The summed E-state index contributed by atoms with van der Waals surface area (Å²) in [7, 11) is -0.235. The van der Waals surface area contributed by atoms with Gasteiger partial charge in [-0.25, -0.2) is 12.8 Å². The Labute approximate surface area is 167 Å². The van der Waals surface area contributed by atoms with Gasteiger partial charge in [0.2, 0.25) is 10.0 Å². The molecule has 1 fully saturated rings. The van der Waals surface area contributed by atoms with Crippen molar-refractivity contribution in [3.63, 3.8) is 0 Å². The summed E-state index contributed by atoms with van der Waals surface area (Å²) in [5, 5.41) is 6.31. The SMILES string of the molecule is CN=C(NCCS(=O)(=O)Nc1ccc(C)c(F)c1)NCC1(CCOC)CCC1. The van der Waals surface area contributed by atoms with Crippen LogP contribution in [0.2, 0.25) is 0 Å². The Kier molecular flexibility index (Phi) is 8.06. The molecule has 2 rings (SSSR count). The summed E-state index contributed by atoms with van der Waals surface area (Å²) in [5.41, 5.74) is 0.918. The molecule has 0 spiro atoms. The van der Waals surface area contributed by atoms with Crippen LogP contribution >= 0.6 is 0 Å². The number of nitrogens with zero attached hydrogens (tertiary/aromatic N) is 1. The third kappa shape index (κ3) is 6.63. The molecule has 0 atom stereocenters. The van der Waals surface area contributed by atoms with Crippen LogP contribution in [-0.4, -0.2) is 54.0 Å². The summed E-state index contributed by atoms with van der Waals surface area (Å²) in [6, 6.07) is 4.26. The highest BCUT2D eigenvalue weighted by Gasteiger charge is 2.36. The van der Waals surface area contributed by atoms with Gasteiger partial charge in [0, 0.05) is 33.9 Å². The minimum absolute atomic E-state index is 0.155. The van der Waals surface area contributed by atoms with Gasteiger partial charge in [-0.15, -0.1) is 0 Å². The maximum absolute atomic E-state index is 13.6. The summed E-state index contributed by atoms with van der Waals surface area (Å²) < 4.78 is 45.6. The molecule has 1 saturated carbocycles. The number of hydrogen-bond acceptors (Lipinski definition) is 4. The molecule has 0 bridgehead atoms. The Hall–Kier alpha value is -1.87. The molecule has 0 aromatic heterocycles. The fourth-order valence-electron chi connectivity index (χ4n) is 3.19. The van der Waals surface area contributed by atoms with E-state index in [2.05, 4.69) is 20.3 Å². The van der Waals surface area contributed by atoms with E-state index in [4.69, 9.17) is 4.74 Å². The molecular weight excluding hydrogens is 383 g/mol. The maximum Gasteiger partial charge on any atom is 0.234 e. The Morgan fingerprint density at radius 2 is 2.07 bits per heavy atom. The summed E-state index contributed by atoms with van der Waals surface area (Å²) >= 11 is 0. The molecule has 0 saturated heterocycles. The monoisotopic (exact) mass is 414 g/mol. The number of nitrogens with one attached hydrogen (secondary N) is 3. The highest BCUT2D eigenvalue weighted by Crippen LogP contribution is 2.43. The average Bonchev–Trinajstić information content (AvgIpc) is 2.61. The fraction of sp³-hybridized carbons (Fsp3) is 0.632. The van der Waals surface area contributed by atoms with Crippen LogP contribution in [0.3, 0.4) is 0 Å². The number of sulfonamides is 1. The van der Waals surface area contributed by atoms with Gasteiger partial charge in [-0.1, -0.05) is 12.5 Å². The largest absolute Gasteiger partial charge is 0.385 e. The standard InChI is InChI=1S/C19H31FN4O3S/c1-15-5-6-16(13-17(15)20)24-28(25,26)12-10-22-18(21-2)23-14-19(7-4-8-19)9-11-27-3/h5-6,13,24H,4,7-12,14H2,1-3H3,(H2,21,22,23). The first-order chi connectivity index (χ1) is 13.3. The molecule has 28 heavy (non-hydrogen) atoms. The molecule has 158 valence electrons. The second-order valence-electron chi connectivity index (χ2n) is 7.33. The first-order valence-electron chi connectivity index (χ1n) is 9.49. The van der Waals surface area contributed by atoms with E-state index >= 15 is 0 Å². The van der Waals surface area contributed by atoms with E-state index < -0.39 is 15.8 Å². The molecule has 1 aromatic carbocycles. The van der Waals surface area contributed by atoms with E-state index in [0.717, 1.165) is 32.4 Å². The molecule has 1 aliphatic carbocycles. The normalized spacial score (nSPS) is 16.4. The predicted molar refractivity (Wildman–Crippen MR) is 111 cm³/mol. The minimum Gasteiger partial charge on any atom is -0.385 e. The van der Waals surface area contributed by atoms with Gasteiger partial charge in [-0.3, -0.25) is 9.71 Å². The minimum atomic E-state index is -3.60. The number of aryl methyl sites for hydroxylation is 1. The second kappa shape index (κ2) is 10.1. The lowest BCUT2D eigenvalue weighted by Crippen LogP contribution is -2.47. The Morgan fingerprint density at radius 1 is 1.32 bits per heavy atom. The number of benzene rings is 1. The van der Waals surface area contributed by atoms with Crippen molar-refractivity contribution in [3.8, 4) is 0 Å². The van der Waals surface area contributed by atoms with Gasteiger partial charge in [-0.2, -0.15) is 0 Å². The first kappa shape index (κ1) is 22.4. The number of ether oxygens (including phenoxy) is 1. The lowest BCUT2D eigenvalue weighted by Gasteiger charge is -2.42. The van der Waals surface area contributed by atoms with Gasteiger partial charge >= 0.3 is 0 Å². The van der Waals surface area contributed by atoms with Gasteiger partial charge in [0.25, 0.3) is 0 Å². The molecule has 7 nitrogen and oxygen atoms in total. The number of aliphatic imine (C=N–C) groups is 1. The van der Waals surface area contributed by atoms with Crippen molar-refractivity contribution in [2.24, 2.45) is 10.4 Å². The first-order valence-corrected chi connectivity index (χ1v) is 11.1. The van der Waals surface area contributed by atoms with E-state index in [-0.39, 0.29) is 23.4 Å². The van der Waals surface area contributed by atoms with Gasteiger partial charge in [0.15, 0.2) is 5.96 Å². The van der Waals surface area contributed by atoms with Crippen LogP contribution in [0, 0.1) is 18.2 Å². The fourth-order valence-corrected chi connectivity index (χ4v) is 4.15. The van der Waals surface area contributed by atoms with Crippen molar-refractivity contribution < 1.29 is 17.5 Å². The molecule has 3 N–H and O–H groups in total. The van der Waals surface area contributed by atoms with Crippen LogP contribution in [0.5, 0.6) is 0 Å². The molecular formula is C19H31FN4O3S. The molecule has 9 heteroatoms. The zero-order valence-corrected chi connectivity index (χ0v) is 17.7. The highest BCUT2D eigenvalue weighted by molar-refractivity contribution is 7.92. The number of halogens is 1. The number of rotatable bonds is 10. The summed E-state index contributed by atoms with van der Waals surface area (Å²) in [5.74, 6) is -0.0283. The number of methoxy groups -OCH3 is 1. The smallest absolute Gasteiger partial charge is 0.234 e. The van der Waals surface area contributed by atoms with Gasteiger partial charge in [0.05, 0.1) is 11.4 Å². The predicted octanol–water partition coefficient (Wildman–Crippen LogP) is 2.25. The Morgan fingerprint density at radius 3 is 2.64 bits per heavy atom. The second-order valence-corrected chi connectivity index (χ2v) is 9.18. The average molecular weight is 415 g/mol. The highest BCUT2D eigenvalue weighted by atomic mass is 32.2. The van der Waals surface area contributed by atoms with Gasteiger partial charge in [0.1, 0.15) is 5.82 Å². The van der Waals surface area contributed by atoms with Gasteiger partial charge in [-0.05, 0) is 49.3 Å². The van der Waals surface area contributed by atoms with Crippen molar-refractivity contribution in [1.29, 1.82) is 0 Å². The quantitative estimate of drug-likeness (QED) is 0.403. The van der Waals surface area contributed by atoms with Crippen LogP contribution < -0.4 is 15.4 Å². The number of anilines is 1. The summed E-state index contributed by atoms with van der Waals surface area (Å²) in [6.07, 6.45) is 4.54. The Bertz CT molecular complexity index is 779. The van der Waals surface area contributed by atoms with Crippen LogP contribution in [-0.2, 0) is 14.8 Å². The molecule has 0 amide bonds. The van der Waals surface area contributed by atoms with E-state index in [9.17, 15) is 12.8 Å². The van der Waals surface area contributed by atoms with Gasteiger partial charge < -0.3 is 15.4 Å². The third-order valence-corrected chi connectivity index (χ3v) is 6.50. The lowest BCUT2D eigenvalue weighted by molar-refractivity contribution is 0.0733. The van der Waals surface area contributed by atoms with Crippen molar-refractivity contribution >= 4 is 21.7 Å². The number of guanidine groups is 1. The van der Waals surface area contributed by atoms with E-state index in [1.165, 1.54) is 18.6 Å². The topological polar surface area (TPSA) is 91.8 Å². The zero-order chi connectivity index (χ0) is 20.6. The van der Waals surface area contributed by atoms with Crippen molar-refractivity contribution in [1.82, 2.24) is 10.6 Å². The maximum atomic E-state index is 13.6. The van der Waals surface area contributed by atoms with Crippen LogP contribution in [0.1, 0.15) is 31.2 Å². The molecule has 0 unspecified atom stereocenters. The third-order valence-electron chi connectivity index (χ3n) is 5.21.